The average Bonchev–Trinajstić information content (AvgIpc) is 2.69. The topological polar surface area (TPSA) is 89.0 Å². The Labute approximate surface area is 172 Å². The molecule has 0 aromatic heterocycles. The van der Waals surface area contributed by atoms with Gasteiger partial charge in [-0.05, 0) is 36.2 Å². The molecule has 2 aromatic carbocycles. The Kier molecular flexibility index (Phi) is 8.10. The minimum atomic E-state index is -0.881. The fraction of sp³-hybridized carbons (Fsp3) is 0.211. The predicted molar refractivity (Wildman–Crippen MR) is 108 cm³/mol. The van der Waals surface area contributed by atoms with Gasteiger partial charge in [-0.15, -0.1) is 0 Å². The first-order chi connectivity index (χ1) is 13.4. The zero-order valence-corrected chi connectivity index (χ0v) is 16.8. The highest BCUT2D eigenvalue weighted by Gasteiger charge is 2.12. The lowest BCUT2D eigenvalue weighted by Crippen LogP contribution is -2.38. The zero-order chi connectivity index (χ0) is 20.5. The quantitative estimate of drug-likeness (QED) is 0.407. The van der Waals surface area contributed by atoms with E-state index in [4.69, 9.17) is 32.7 Å². The number of hydrazone groups is 1. The van der Waals surface area contributed by atoms with E-state index in [2.05, 4.69) is 15.8 Å². The summed E-state index contributed by atoms with van der Waals surface area (Å²) in [6, 6.07) is 10.3. The van der Waals surface area contributed by atoms with Crippen molar-refractivity contribution in [3.8, 4) is 11.5 Å². The van der Waals surface area contributed by atoms with Crippen molar-refractivity contribution in [3.05, 3.63) is 57.6 Å². The fourth-order valence-electron chi connectivity index (χ4n) is 2.25. The second-order valence-electron chi connectivity index (χ2n) is 5.56. The molecule has 0 fully saturated rings. The summed E-state index contributed by atoms with van der Waals surface area (Å²) in [6.07, 6.45) is 1.84. The number of hydrogen-bond acceptors (Lipinski definition) is 5. The summed E-state index contributed by atoms with van der Waals surface area (Å²) in [5.74, 6) is -0.457. The molecule has 2 aromatic rings. The molecule has 2 rings (SSSR count). The van der Waals surface area contributed by atoms with Crippen LogP contribution in [0.2, 0.25) is 10.0 Å². The summed E-state index contributed by atoms with van der Waals surface area (Å²) in [5.41, 5.74) is 3.63. The molecule has 0 saturated heterocycles. The van der Waals surface area contributed by atoms with Crippen LogP contribution in [0.1, 0.15) is 11.1 Å². The standard InChI is InChI=1S/C19H19Cl2N3O4/c1-27-16-6-3-12(9-17(16)28-2)7-8-22-18(25)19(26)24-23-11-13-4-5-14(20)10-15(13)21/h3-6,9-11H,7-8H2,1-2H3,(H,22,25)(H,24,26)/b23-11-. The van der Waals surface area contributed by atoms with Crippen molar-refractivity contribution in [3.63, 3.8) is 0 Å². The van der Waals surface area contributed by atoms with Gasteiger partial charge in [-0.3, -0.25) is 9.59 Å². The summed E-state index contributed by atoms with van der Waals surface area (Å²) < 4.78 is 10.4. The van der Waals surface area contributed by atoms with E-state index in [1.54, 1.807) is 38.5 Å². The van der Waals surface area contributed by atoms with Gasteiger partial charge >= 0.3 is 11.8 Å². The van der Waals surface area contributed by atoms with Gasteiger partial charge in [-0.1, -0.05) is 35.3 Å². The third kappa shape index (κ3) is 6.14. The first-order valence-electron chi connectivity index (χ1n) is 8.21. The third-order valence-electron chi connectivity index (χ3n) is 3.69. The Bertz CT molecular complexity index is 887. The first-order valence-corrected chi connectivity index (χ1v) is 8.97. The molecule has 0 atom stereocenters. The van der Waals surface area contributed by atoms with Crippen LogP contribution in [0.25, 0.3) is 0 Å². The Morgan fingerprint density at radius 2 is 1.79 bits per heavy atom. The average molecular weight is 424 g/mol. The number of amides is 2. The molecule has 0 spiro atoms. The molecule has 0 heterocycles. The number of benzene rings is 2. The molecule has 2 N–H and O–H groups in total. The van der Waals surface area contributed by atoms with Gasteiger partial charge in [0.25, 0.3) is 0 Å². The van der Waals surface area contributed by atoms with E-state index in [1.165, 1.54) is 6.21 Å². The van der Waals surface area contributed by atoms with Crippen molar-refractivity contribution in [1.29, 1.82) is 0 Å². The summed E-state index contributed by atoms with van der Waals surface area (Å²) in [5, 5.41) is 7.11. The molecule has 0 aliphatic rings. The third-order valence-corrected chi connectivity index (χ3v) is 4.25. The van der Waals surface area contributed by atoms with E-state index in [9.17, 15) is 9.59 Å². The number of nitrogens with zero attached hydrogens (tertiary/aromatic N) is 1. The van der Waals surface area contributed by atoms with E-state index >= 15 is 0 Å². The number of carbonyl (C=O) groups is 2. The Balaban J connectivity index is 1.81. The number of rotatable bonds is 7. The van der Waals surface area contributed by atoms with Crippen LogP contribution in [0, 0.1) is 0 Å². The number of carbonyl (C=O) groups excluding carboxylic acids is 2. The largest absolute Gasteiger partial charge is 0.493 e. The van der Waals surface area contributed by atoms with Crippen LogP contribution < -0.4 is 20.2 Å². The van der Waals surface area contributed by atoms with E-state index < -0.39 is 11.8 Å². The van der Waals surface area contributed by atoms with Crippen LogP contribution in [0.15, 0.2) is 41.5 Å². The molecule has 2 amide bonds. The summed E-state index contributed by atoms with van der Waals surface area (Å²) in [7, 11) is 3.10. The number of nitrogens with one attached hydrogen (secondary N) is 2. The molecular weight excluding hydrogens is 405 g/mol. The van der Waals surface area contributed by atoms with Crippen molar-refractivity contribution in [2.45, 2.75) is 6.42 Å². The first kappa shape index (κ1) is 21.5. The van der Waals surface area contributed by atoms with E-state index in [0.717, 1.165) is 5.56 Å². The van der Waals surface area contributed by atoms with Gasteiger partial charge in [0.1, 0.15) is 0 Å². The molecule has 0 bridgehead atoms. The molecule has 0 radical (unpaired) electrons. The summed E-state index contributed by atoms with van der Waals surface area (Å²) in [4.78, 5) is 23.6. The number of methoxy groups -OCH3 is 2. The van der Waals surface area contributed by atoms with Crippen molar-refractivity contribution < 1.29 is 19.1 Å². The van der Waals surface area contributed by atoms with Crippen LogP contribution in [-0.4, -0.2) is 38.8 Å². The maximum absolute atomic E-state index is 11.8. The lowest BCUT2D eigenvalue weighted by Gasteiger charge is -2.10. The van der Waals surface area contributed by atoms with Gasteiger partial charge in [0, 0.05) is 17.1 Å². The van der Waals surface area contributed by atoms with E-state index in [-0.39, 0.29) is 6.54 Å². The van der Waals surface area contributed by atoms with Gasteiger partial charge in [0.05, 0.1) is 25.5 Å². The molecule has 0 unspecified atom stereocenters. The van der Waals surface area contributed by atoms with Crippen molar-refractivity contribution in [2.24, 2.45) is 5.10 Å². The van der Waals surface area contributed by atoms with Crippen LogP contribution in [0.4, 0.5) is 0 Å². The fourth-order valence-corrected chi connectivity index (χ4v) is 2.71. The van der Waals surface area contributed by atoms with Gasteiger partial charge in [0.15, 0.2) is 11.5 Å². The number of ether oxygens (including phenoxy) is 2. The van der Waals surface area contributed by atoms with E-state index in [1.807, 2.05) is 12.1 Å². The highest BCUT2D eigenvalue weighted by molar-refractivity contribution is 6.36. The second kappa shape index (κ2) is 10.5. The Morgan fingerprint density at radius 3 is 2.46 bits per heavy atom. The summed E-state index contributed by atoms with van der Waals surface area (Å²) >= 11 is 11.8. The zero-order valence-electron chi connectivity index (χ0n) is 15.3. The lowest BCUT2D eigenvalue weighted by molar-refractivity contribution is -0.139. The number of halogens is 2. The highest BCUT2D eigenvalue weighted by Crippen LogP contribution is 2.27. The molecule has 28 heavy (non-hydrogen) atoms. The maximum atomic E-state index is 11.8. The van der Waals surface area contributed by atoms with Gasteiger partial charge < -0.3 is 14.8 Å². The predicted octanol–water partition coefficient (Wildman–Crippen LogP) is 2.82. The van der Waals surface area contributed by atoms with Crippen LogP contribution in [-0.2, 0) is 16.0 Å². The monoisotopic (exact) mass is 423 g/mol. The molecule has 148 valence electrons. The molecule has 0 saturated carbocycles. The van der Waals surface area contributed by atoms with Crippen molar-refractivity contribution >= 4 is 41.2 Å². The summed E-state index contributed by atoms with van der Waals surface area (Å²) in [6.45, 7) is 0.272. The van der Waals surface area contributed by atoms with Crippen LogP contribution in [0.3, 0.4) is 0 Å². The molecule has 0 aliphatic carbocycles. The molecule has 0 aliphatic heterocycles. The molecular formula is C19H19Cl2N3O4. The normalized spacial score (nSPS) is 10.6. The van der Waals surface area contributed by atoms with Gasteiger partial charge in [0.2, 0.25) is 0 Å². The lowest BCUT2D eigenvalue weighted by atomic mass is 10.1. The SMILES string of the molecule is COc1ccc(CCNC(=O)C(=O)N/N=C\c2ccc(Cl)cc2Cl)cc1OC. The van der Waals surface area contributed by atoms with Crippen molar-refractivity contribution in [1.82, 2.24) is 10.7 Å². The minimum Gasteiger partial charge on any atom is -0.493 e. The van der Waals surface area contributed by atoms with Gasteiger partial charge in [-0.2, -0.15) is 5.10 Å². The van der Waals surface area contributed by atoms with Crippen LogP contribution in [0.5, 0.6) is 11.5 Å². The highest BCUT2D eigenvalue weighted by atomic mass is 35.5. The number of hydrogen-bond donors (Lipinski definition) is 2. The molecule has 7 nitrogen and oxygen atoms in total. The van der Waals surface area contributed by atoms with Gasteiger partial charge in [-0.25, -0.2) is 5.43 Å². The smallest absolute Gasteiger partial charge is 0.329 e. The van der Waals surface area contributed by atoms with E-state index in [0.29, 0.717) is 33.5 Å². The second-order valence-corrected chi connectivity index (χ2v) is 6.40. The van der Waals surface area contributed by atoms with Crippen LogP contribution >= 0.6 is 23.2 Å². The molecule has 9 heteroatoms. The van der Waals surface area contributed by atoms with Crippen molar-refractivity contribution in [2.75, 3.05) is 20.8 Å². The minimum absolute atomic E-state index is 0.272. The Hall–Kier alpha value is -2.77. The Morgan fingerprint density at radius 1 is 1.04 bits per heavy atom. The maximum Gasteiger partial charge on any atom is 0.329 e.